The molecule has 4 heteroatoms. The number of aliphatic hydroxyl groups is 1. The van der Waals surface area contributed by atoms with Gasteiger partial charge >= 0.3 is 0 Å². The van der Waals surface area contributed by atoms with Crippen LogP contribution in [0.1, 0.15) is 58.8 Å². The molecule has 0 aliphatic heterocycles. The van der Waals surface area contributed by atoms with Crippen molar-refractivity contribution < 1.29 is 9.84 Å². The van der Waals surface area contributed by atoms with Gasteiger partial charge in [0.05, 0.1) is 18.8 Å². The summed E-state index contributed by atoms with van der Waals surface area (Å²) in [5.41, 5.74) is 0. The SMILES string of the molecule is CCC(CC)(CNCC(O)COC1CCCCC1)SC. The van der Waals surface area contributed by atoms with Crippen molar-refractivity contribution in [3.8, 4) is 0 Å². The van der Waals surface area contributed by atoms with Crippen molar-refractivity contribution in [3.05, 3.63) is 0 Å². The average Bonchev–Trinajstić information content (AvgIpc) is 2.51. The van der Waals surface area contributed by atoms with Crippen molar-refractivity contribution in [1.82, 2.24) is 5.32 Å². The molecule has 0 amide bonds. The summed E-state index contributed by atoms with van der Waals surface area (Å²) in [6, 6.07) is 0. The fourth-order valence-electron chi connectivity index (χ4n) is 2.87. The van der Waals surface area contributed by atoms with E-state index in [4.69, 9.17) is 4.74 Å². The van der Waals surface area contributed by atoms with Gasteiger partial charge in [-0.25, -0.2) is 0 Å². The van der Waals surface area contributed by atoms with Gasteiger partial charge in [0.1, 0.15) is 0 Å². The second-order valence-electron chi connectivity index (χ2n) is 5.97. The van der Waals surface area contributed by atoms with Crippen LogP contribution < -0.4 is 5.32 Å². The molecular weight excluding hydrogens is 270 g/mol. The molecule has 3 nitrogen and oxygen atoms in total. The summed E-state index contributed by atoms with van der Waals surface area (Å²) in [5.74, 6) is 0. The lowest BCUT2D eigenvalue weighted by Gasteiger charge is -2.30. The Bertz CT molecular complexity index is 232. The maximum Gasteiger partial charge on any atom is 0.0897 e. The first kappa shape index (κ1) is 18.3. The van der Waals surface area contributed by atoms with Gasteiger partial charge in [-0.15, -0.1) is 0 Å². The molecule has 0 saturated heterocycles. The van der Waals surface area contributed by atoms with Gasteiger partial charge in [-0.1, -0.05) is 33.1 Å². The Labute approximate surface area is 129 Å². The van der Waals surface area contributed by atoms with Crippen molar-refractivity contribution in [2.45, 2.75) is 75.7 Å². The molecule has 0 spiro atoms. The van der Waals surface area contributed by atoms with E-state index in [1.165, 1.54) is 32.1 Å². The van der Waals surface area contributed by atoms with Crippen molar-refractivity contribution in [3.63, 3.8) is 0 Å². The third-order valence-corrected chi connectivity index (χ3v) is 6.21. The molecule has 1 unspecified atom stereocenters. The Kier molecular flexibility index (Phi) is 9.18. The normalized spacial score (nSPS) is 19.2. The van der Waals surface area contributed by atoms with Crippen LogP contribution in [-0.4, -0.2) is 48.0 Å². The maximum absolute atomic E-state index is 10.0. The van der Waals surface area contributed by atoms with E-state index in [9.17, 15) is 5.11 Å². The van der Waals surface area contributed by atoms with Gasteiger partial charge in [0.25, 0.3) is 0 Å². The van der Waals surface area contributed by atoms with Crippen LogP contribution in [0.15, 0.2) is 0 Å². The molecule has 1 aliphatic rings. The number of ether oxygens (including phenoxy) is 1. The fourth-order valence-corrected chi connectivity index (χ4v) is 3.69. The molecule has 0 heterocycles. The summed E-state index contributed by atoms with van der Waals surface area (Å²) in [6.45, 7) is 6.55. The monoisotopic (exact) mass is 303 g/mol. The minimum Gasteiger partial charge on any atom is -0.389 e. The molecule has 1 saturated carbocycles. The van der Waals surface area contributed by atoms with Crippen molar-refractivity contribution in [2.75, 3.05) is 26.0 Å². The molecule has 0 bridgehead atoms. The van der Waals surface area contributed by atoms with E-state index < -0.39 is 0 Å². The molecular formula is C16H33NO2S. The minimum atomic E-state index is -0.384. The van der Waals surface area contributed by atoms with Crippen molar-refractivity contribution in [2.24, 2.45) is 0 Å². The van der Waals surface area contributed by atoms with Gasteiger partial charge in [0.2, 0.25) is 0 Å². The first-order valence-corrected chi connectivity index (χ1v) is 9.43. The van der Waals surface area contributed by atoms with Crippen LogP contribution in [0.2, 0.25) is 0 Å². The quantitative estimate of drug-likeness (QED) is 0.650. The van der Waals surface area contributed by atoms with Crippen LogP contribution in [0.25, 0.3) is 0 Å². The van der Waals surface area contributed by atoms with Gasteiger partial charge in [-0.2, -0.15) is 11.8 Å². The number of aliphatic hydroxyl groups excluding tert-OH is 1. The predicted molar refractivity (Wildman–Crippen MR) is 88.5 cm³/mol. The van der Waals surface area contributed by atoms with Crippen molar-refractivity contribution in [1.29, 1.82) is 0 Å². The summed E-state index contributed by atoms with van der Waals surface area (Å²) in [5, 5.41) is 13.4. The highest BCUT2D eigenvalue weighted by Crippen LogP contribution is 2.29. The van der Waals surface area contributed by atoms with Gasteiger partial charge in [0, 0.05) is 17.8 Å². The van der Waals surface area contributed by atoms with E-state index >= 15 is 0 Å². The molecule has 120 valence electrons. The zero-order valence-corrected chi connectivity index (χ0v) is 14.3. The second kappa shape index (κ2) is 10.0. The Balaban J connectivity index is 2.14. The zero-order valence-electron chi connectivity index (χ0n) is 13.5. The summed E-state index contributed by atoms with van der Waals surface area (Å²) in [6.07, 6.45) is 10.7. The van der Waals surface area contributed by atoms with Crippen LogP contribution in [-0.2, 0) is 4.74 Å². The number of thioether (sulfide) groups is 1. The topological polar surface area (TPSA) is 41.5 Å². The molecule has 0 aromatic rings. The highest BCUT2D eigenvalue weighted by molar-refractivity contribution is 8.00. The van der Waals surface area contributed by atoms with Gasteiger partial charge in [-0.05, 0) is 31.9 Å². The molecule has 1 aliphatic carbocycles. The number of hydrogen-bond donors (Lipinski definition) is 2. The fraction of sp³-hybridized carbons (Fsp3) is 1.00. The van der Waals surface area contributed by atoms with Gasteiger partial charge in [0.15, 0.2) is 0 Å². The standard InChI is InChI=1S/C16H33NO2S/c1-4-16(5-2,20-3)13-17-11-14(18)12-19-15-9-7-6-8-10-15/h14-15,17-18H,4-13H2,1-3H3. The average molecular weight is 304 g/mol. The lowest BCUT2D eigenvalue weighted by atomic mass is 9.98. The molecule has 1 atom stereocenters. The van der Waals surface area contributed by atoms with Crippen LogP contribution in [0.5, 0.6) is 0 Å². The highest BCUT2D eigenvalue weighted by Gasteiger charge is 2.24. The molecule has 1 fully saturated rings. The van der Waals surface area contributed by atoms with Gasteiger partial charge < -0.3 is 15.2 Å². The summed E-state index contributed by atoms with van der Waals surface area (Å²) in [4.78, 5) is 0. The van der Waals surface area contributed by atoms with E-state index in [2.05, 4.69) is 25.4 Å². The van der Waals surface area contributed by atoms with E-state index in [1.807, 2.05) is 11.8 Å². The number of nitrogens with one attached hydrogen (secondary N) is 1. The first-order chi connectivity index (χ1) is 9.65. The lowest BCUT2D eigenvalue weighted by molar-refractivity contribution is -0.0230. The van der Waals surface area contributed by atoms with E-state index in [0.29, 0.717) is 24.0 Å². The lowest BCUT2D eigenvalue weighted by Crippen LogP contribution is -2.41. The smallest absolute Gasteiger partial charge is 0.0897 e. The summed E-state index contributed by atoms with van der Waals surface area (Å²) >= 11 is 1.93. The third-order valence-electron chi connectivity index (χ3n) is 4.63. The predicted octanol–water partition coefficient (Wildman–Crippen LogP) is 3.21. The second-order valence-corrected chi connectivity index (χ2v) is 7.25. The highest BCUT2D eigenvalue weighted by atomic mass is 32.2. The Morgan fingerprint density at radius 1 is 1.25 bits per heavy atom. The number of hydrogen-bond acceptors (Lipinski definition) is 4. The van der Waals surface area contributed by atoms with Gasteiger partial charge in [-0.3, -0.25) is 0 Å². The van der Waals surface area contributed by atoms with Crippen LogP contribution >= 0.6 is 11.8 Å². The molecule has 20 heavy (non-hydrogen) atoms. The first-order valence-electron chi connectivity index (χ1n) is 8.21. The van der Waals surface area contributed by atoms with Crippen LogP contribution in [0.3, 0.4) is 0 Å². The molecule has 1 rings (SSSR count). The van der Waals surface area contributed by atoms with Crippen molar-refractivity contribution >= 4 is 11.8 Å². The van der Waals surface area contributed by atoms with Crippen LogP contribution in [0.4, 0.5) is 0 Å². The molecule has 2 N–H and O–H groups in total. The van der Waals surface area contributed by atoms with Crippen LogP contribution in [0, 0.1) is 0 Å². The number of rotatable bonds is 10. The molecule has 0 aromatic carbocycles. The zero-order chi connectivity index (χ0) is 14.8. The third kappa shape index (κ3) is 6.33. The summed E-state index contributed by atoms with van der Waals surface area (Å²) < 4.78 is 6.12. The maximum atomic E-state index is 10.0. The Hall–Kier alpha value is 0.230. The molecule has 0 radical (unpaired) electrons. The summed E-state index contributed by atoms with van der Waals surface area (Å²) in [7, 11) is 0. The minimum absolute atomic E-state index is 0.309. The Morgan fingerprint density at radius 3 is 2.45 bits per heavy atom. The van der Waals surface area contributed by atoms with E-state index in [0.717, 1.165) is 19.4 Å². The molecule has 0 aromatic heterocycles. The van der Waals surface area contributed by atoms with E-state index in [1.54, 1.807) is 0 Å². The Morgan fingerprint density at radius 2 is 1.90 bits per heavy atom. The van der Waals surface area contributed by atoms with E-state index in [-0.39, 0.29) is 6.10 Å². The largest absolute Gasteiger partial charge is 0.389 e.